The van der Waals surface area contributed by atoms with Crippen molar-refractivity contribution in [3.8, 4) is 17.6 Å². The first-order valence-electron chi connectivity index (χ1n) is 22.6. The number of amides is 3. The van der Waals surface area contributed by atoms with E-state index in [1.807, 2.05) is 0 Å². The summed E-state index contributed by atoms with van der Waals surface area (Å²) < 4.78 is 41.2. The van der Waals surface area contributed by atoms with Crippen LogP contribution in [0.1, 0.15) is 75.3 Å². The zero-order valence-corrected chi connectivity index (χ0v) is 39.2. The molecular weight excluding hydrogens is 886 g/mol. The number of piperidine rings is 1. The fourth-order valence-electron chi connectivity index (χ4n) is 8.63. The second-order valence-electron chi connectivity index (χ2n) is 17.4. The molecule has 1 aliphatic carbocycles. The molecule has 1 aromatic heterocycles. The maximum Gasteiger partial charge on any atom is 0.280 e. The fourth-order valence-corrected chi connectivity index (χ4v) is 8.84. The molecule has 19 heteroatoms. The molecule has 2 heterocycles. The third-order valence-corrected chi connectivity index (χ3v) is 12.1. The highest BCUT2D eigenvalue weighted by Gasteiger charge is 2.64. The number of nitrogens with one attached hydrogen (secondary N) is 3. The van der Waals surface area contributed by atoms with E-state index in [4.69, 9.17) is 44.8 Å². The first-order valence-corrected chi connectivity index (χ1v) is 22.9. The number of fused-ring (bicyclic) bond motifs is 1. The molecule has 3 aromatic carbocycles. The molecule has 1 atom stereocenters. The Balaban J connectivity index is 0.724. The number of aromatic nitrogens is 3. The summed E-state index contributed by atoms with van der Waals surface area (Å²) in [5, 5.41) is 26.7. The van der Waals surface area contributed by atoms with Gasteiger partial charge in [-0.2, -0.15) is 9.94 Å². The van der Waals surface area contributed by atoms with Crippen LogP contribution in [0.4, 0.5) is 5.69 Å². The lowest BCUT2D eigenvalue weighted by atomic mass is 9.49. The number of ether oxygens (including phenoxy) is 7. The molecule has 3 amide bonds. The zero-order chi connectivity index (χ0) is 47.8. The van der Waals surface area contributed by atoms with Gasteiger partial charge in [-0.15, -0.1) is 5.10 Å². The van der Waals surface area contributed by atoms with Crippen LogP contribution in [-0.4, -0.2) is 124 Å². The standard InChI is InChI=1S/C48H60ClN7O11/c1-47(2)45(48(3,4)46(47)67-35-15-12-33(31-50)36(49)30-35)53-42(58)32-10-13-34(14-11-32)66-29-28-65-27-26-64-25-24-63-23-22-62-21-20-61-19-6-5-18-51-37-8-7-9-38-41(37)44(60)56(55-54-38)39-16-17-40(57)52-43(39)59/h7-15,30,39,45-46,51H,5-6,16-29H2,1-4H3,(H,53,58)(H,52,57,59). The third kappa shape index (κ3) is 13.5. The van der Waals surface area contributed by atoms with Crippen molar-refractivity contribution in [2.45, 2.75) is 71.6 Å². The van der Waals surface area contributed by atoms with Gasteiger partial charge in [-0.3, -0.25) is 24.5 Å². The Labute approximate surface area is 394 Å². The Morgan fingerprint density at radius 1 is 0.821 bits per heavy atom. The van der Waals surface area contributed by atoms with Crippen LogP contribution in [0.25, 0.3) is 10.9 Å². The lowest BCUT2D eigenvalue weighted by Crippen LogP contribution is -2.74. The van der Waals surface area contributed by atoms with Gasteiger partial charge in [0.15, 0.2) is 0 Å². The Kier molecular flexibility index (Phi) is 18.5. The molecule has 0 radical (unpaired) electrons. The van der Waals surface area contributed by atoms with Gasteiger partial charge in [-0.25, -0.2) is 0 Å². The van der Waals surface area contributed by atoms with Crippen molar-refractivity contribution in [1.29, 1.82) is 5.26 Å². The Bertz CT molecular complexity index is 2390. The highest BCUT2D eigenvalue weighted by Crippen LogP contribution is 2.55. The maximum absolute atomic E-state index is 13.3. The molecule has 1 saturated heterocycles. The number of imide groups is 1. The highest BCUT2D eigenvalue weighted by molar-refractivity contribution is 6.31. The topological polar surface area (TPSA) is 223 Å². The molecule has 1 saturated carbocycles. The van der Waals surface area contributed by atoms with Gasteiger partial charge in [0.2, 0.25) is 5.91 Å². The molecule has 4 aromatic rings. The molecule has 2 aliphatic rings. The number of carbonyl (C=O) groups excluding carboxylic acids is 3. The molecule has 67 heavy (non-hydrogen) atoms. The summed E-state index contributed by atoms with van der Waals surface area (Å²) in [5.41, 5.74) is 0.758. The van der Waals surface area contributed by atoms with Gasteiger partial charge in [0, 0.05) is 53.8 Å². The third-order valence-electron chi connectivity index (χ3n) is 11.8. The molecule has 6 rings (SSSR count). The average molecular weight is 946 g/mol. The summed E-state index contributed by atoms with van der Waals surface area (Å²) in [6, 6.07) is 18.3. The lowest BCUT2D eigenvalue weighted by molar-refractivity contribution is -0.164. The molecule has 360 valence electrons. The quantitative estimate of drug-likeness (QED) is 0.0512. The van der Waals surface area contributed by atoms with Crippen LogP contribution in [-0.2, 0) is 33.3 Å². The molecule has 3 N–H and O–H groups in total. The number of rotatable bonds is 27. The molecule has 1 aliphatic heterocycles. The van der Waals surface area contributed by atoms with Gasteiger partial charge in [0.25, 0.3) is 17.4 Å². The van der Waals surface area contributed by atoms with E-state index in [0.717, 1.165) is 17.5 Å². The van der Waals surface area contributed by atoms with Crippen LogP contribution in [0.15, 0.2) is 65.5 Å². The summed E-state index contributed by atoms with van der Waals surface area (Å²) in [6.07, 6.45) is 1.73. The number of anilines is 1. The SMILES string of the molecule is CC1(C)C(NC(=O)c2ccc(OCCOCCOCCOCCOCCOCCCCNc3cccc4nnn(C5CCC(=O)NC5=O)c(=O)c34)cc2)C(C)(C)C1Oc1ccc(C#N)c(Cl)c1. The molecule has 1 unspecified atom stereocenters. The average Bonchev–Trinajstić information content (AvgIpc) is 3.31. The molecule has 2 fully saturated rings. The van der Waals surface area contributed by atoms with Crippen LogP contribution < -0.4 is 31.0 Å². The maximum atomic E-state index is 13.3. The molecule has 18 nitrogen and oxygen atoms in total. The van der Waals surface area contributed by atoms with Gasteiger partial charge in [0.05, 0.1) is 75.4 Å². The summed E-state index contributed by atoms with van der Waals surface area (Å²) in [5.74, 6) is 0.110. The predicted molar refractivity (Wildman–Crippen MR) is 248 cm³/mol. The Morgan fingerprint density at radius 3 is 2.04 bits per heavy atom. The van der Waals surface area contributed by atoms with Crippen LogP contribution in [0.2, 0.25) is 5.02 Å². The number of unbranched alkanes of at least 4 members (excludes halogenated alkanes) is 1. The minimum absolute atomic E-state index is 0.132. The number of nitriles is 1. The predicted octanol–water partition coefficient (Wildman–Crippen LogP) is 5.26. The van der Waals surface area contributed by atoms with Gasteiger partial charge >= 0.3 is 0 Å². The van der Waals surface area contributed by atoms with Crippen molar-refractivity contribution in [3.05, 3.63) is 87.2 Å². The van der Waals surface area contributed by atoms with Crippen molar-refractivity contribution >= 4 is 45.9 Å². The number of benzene rings is 3. The van der Waals surface area contributed by atoms with Crippen molar-refractivity contribution in [2.24, 2.45) is 10.8 Å². The number of carbonyl (C=O) groups is 3. The largest absolute Gasteiger partial charge is 0.491 e. The number of hydrogen-bond donors (Lipinski definition) is 3. The van der Waals surface area contributed by atoms with Crippen LogP contribution in [0.3, 0.4) is 0 Å². The first kappa shape index (κ1) is 50.7. The number of halogens is 1. The molecule has 0 bridgehead atoms. The Morgan fingerprint density at radius 2 is 1.43 bits per heavy atom. The minimum Gasteiger partial charge on any atom is -0.491 e. The molecular formula is C48H60ClN7O11. The minimum atomic E-state index is -0.881. The van der Waals surface area contributed by atoms with E-state index in [-0.39, 0.29) is 47.6 Å². The van der Waals surface area contributed by atoms with E-state index < -0.39 is 17.5 Å². The van der Waals surface area contributed by atoms with Gasteiger partial charge in [0.1, 0.15) is 41.8 Å². The number of hydrogen-bond acceptors (Lipinski definition) is 15. The summed E-state index contributed by atoms with van der Waals surface area (Å²) in [6.45, 7) is 13.7. The van der Waals surface area contributed by atoms with Crippen molar-refractivity contribution in [2.75, 3.05) is 84.5 Å². The van der Waals surface area contributed by atoms with E-state index >= 15 is 0 Å². The molecule has 0 spiro atoms. The van der Waals surface area contributed by atoms with Crippen LogP contribution in [0.5, 0.6) is 11.5 Å². The monoisotopic (exact) mass is 945 g/mol. The Hall–Kier alpha value is -5.68. The lowest BCUT2D eigenvalue weighted by Gasteiger charge is -2.63. The van der Waals surface area contributed by atoms with Gasteiger partial charge in [-0.1, -0.05) is 50.6 Å². The first-order chi connectivity index (χ1) is 32.3. The second kappa shape index (κ2) is 24.4. The van der Waals surface area contributed by atoms with E-state index in [0.29, 0.717) is 123 Å². The van der Waals surface area contributed by atoms with E-state index in [1.54, 1.807) is 60.7 Å². The summed E-state index contributed by atoms with van der Waals surface area (Å²) in [4.78, 5) is 50.4. The smallest absolute Gasteiger partial charge is 0.280 e. The van der Waals surface area contributed by atoms with Gasteiger partial charge < -0.3 is 43.8 Å². The van der Waals surface area contributed by atoms with E-state index in [2.05, 4.69) is 60.0 Å². The highest BCUT2D eigenvalue weighted by atomic mass is 35.5. The van der Waals surface area contributed by atoms with Crippen molar-refractivity contribution in [1.82, 2.24) is 25.6 Å². The fraction of sp³-hybridized carbons (Fsp3) is 0.521. The normalized spacial score (nSPS) is 18.4. The van der Waals surface area contributed by atoms with Gasteiger partial charge in [-0.05, 0) is 67.8 Å². The second-order valence-corrected chi connectivity index (χ2v) is 17.8. The van der Waals surface area contributed by atoms with E-state index in [1.165, 1.54) is 0 Å². The summed E-state index contributed by atoms with van der Waals surface area (Å²) >= 11 is 6.22. The van der Waals surface area contributed by atoms with Crippen LogP contribution >= 0.6 is 11.6 Å². The van der Waals surface area contributed by atoms with Crippen molar-refractivity contribution < 1.29 is 47.5 Å². The summed E-state index contributed by atoms with van der Waals surface area (Å²) in [7, 11) is 0. The van der Waals surface area contributed by atoms with E-state index in [9.17, 15) is 24.4 Å². The van der Waals surface area contributed by atoms with Crippen LogP contribution in [0, 0.1) is 22.2 Å². The van der Waals surface area contributed by atoms with Crippen molar-refractivity contribution in [3.63, 3.8) is 0 Å². The zero-order valence-electron chi connectivity index (χ0n) is 38.5. The number of nitrogens with zero attached hydrogens (tertiary/aromatic N) is 4.